The zero-order chi connectivity index (χ0) is 16.1. The lowest BCUT2D eigenvalue weighted by molar-refractivity contribution is -0.123. The summed E-state index contributed by atoms with van der Waals surface area (Å²) in [5, 5.41) is 6.42. The van der Waals surface area contributed by atoms with E-state index in [9.17, 15) is 14.4 Å². The van der Waals surface area contributed by atoms with Gasteiger partial charge >= 0.3 is 12.0 Å². The SMILES string of the molecule is CC(C)NC(=O)NC(=O)COC(=O)c1csc2c1CCCC2. The Labute approximate surface area is 133 Å². The quantitative estimate of drug-likeness (QED) is 0.830. The molecule has 1 aliphatic rings. The van der Waals surface area contributed by atoms with Gasteiger partial charge in [-0.1, -0.05) is 0 Å². The summed E-state index contributed by atoms with van der Waals surface area (Å²) in [6.07, 6.45) is 4.10. The van der Waals surface area contributed by atoms with Crippen LogP contribution in [0, 0.1) is 0 Å². The fourth-order valence-electron chi connectivity index (χ4n) is 2.33. The fourth-order valence-corrected chi connectivity index (χ4v) is 3.45. The Morgan fingerprint density at radius 1 is 1.27 bits per heavy atom. The molecule has 0 bridgehead atoms. The molecule has 0 atom stereocenters. The molecule has 0 fully saturated rings. The van der Waals surface area contributed by atoms with Crippen molar-refractivity contribution in [3.05, 3.63) is 21.4 Å². The van der Waals surface area contributed by atoms with E-state index in [2.05, 4.69) is 10.6 Å². The molecule has 2 rings (SSSR count). The van der Waals surface area contributed by atoms with E-state index in [1.807, 2.05) is 0 Å². The van der Waals surface area contributed by atoms with Crippen molar-refractivity contribution in [3.8, 4) is 0 Å². The van der Waals surface area contributed by atoms with E-state index < -0.39 is 24.5 Å². The summed E-state index contributed by atoms with van der Waals surface area (Å²) in [7, 11) is 0. The summed E-state index contributed by atoms with van der Waals surface area (Å²) in [5.41, 5.74) is 1.61. The number of carbonyl (C=O) groups excluding carboxylic acids is 3. The number of urea groups is 1. The molecule has 1 aliphatic carbocycles. The average Bonchev–Trinajstić information content (AvgIpc) is 2.87. The summed E-state index contributed by atoms with van der Waals surface area (Å²) in [5.74, 6) is -1.14. The molecule has 6 nitrogen and oxygen atoms in total. The molecule has 7 heteroatoms. The van der Waals surface area contributed by atoms with Gasteiger partial charge in [-0.15, -0.1) is 11.3 Å². The van der Waals surface area contributed by atoms with Crippen LogP contribution in [-0.2, 0) is 22.4 Å². The Morgan fingerprint density at radius 2 is 2.00 bits per heavy atom. The first kappa shape index (κ1) is 16.5. The number of amides is 3. The molecule has 0 aliphatic heterocycles. The van der Waals surface area contributed by atoms with Crippen molar-refractivity contribution in [2.45, 2.75) is 45.6 Å². The highest BCUT2D eigenvalue weighted by molar-refractivity contribution is 7.10. The number of rotatable bonds is 4. The maximum Gasteiger partial charge on any atom is 0.339 e. The van der Waals surface area contributed by atoms with E-state index in [1.54, 1.807) is 30.6 Å². The van der Waals surface area contributed by atoms with Crippen molar-refractivity contribution in [3.63, 3.8) is 0 Å². The van der Waals surface area contributed by atoms with E-state index in [0.717, 1.165) is 31.2 Å². The lowest BCUT2D eigenvalue weighted by Crippen LogP contribution is -2.44. The summed E-state index contributed by atoms with van der Waals surface area (Å²) in [4.78, 5) is 36.2. The summed E-state index contributed by atoms with van der Waals surface area (Å²) in [6.45, 7) is 3.10. The maximum absolute atomic E-state index is 12.0. The number of fused-ring (bicyclic) bond motifs is 1. The van der Waals surface area contributed by atoms with Crippen molar-refractivity contribution < 1.29 is 19.1 Å². The van der Waals surface area contributed by atoms with Gasteiger partial charge in [-0.3, -0.25) is 10.1 Å². The van der Waals surface area contributed by atoms with Crippen LogP contribution < -0.4 is 10.6 Å². The Morgan fingerprint density at radius 3 is 2.73 bits per heavy atom. The van der Waals surface area contributed by atoms with Gasteiger partial charge in [0.25, 0.3) is 5.91 Å². The maximum atomic E-state index is 12.0. The molecule has 0 saturated carbocycles. The lowest BCUT2D eigenvalue weighted by Gasteiger charge is -2.12. The third kappa shape index (κ3) is 4.30. The summed E-state index contributed by atoms with van der Waals surface area (Å²) < 4.78 is 5.00. The summed E-state index contributed by atoms with van der Waals surface area (Å²) in [6, 6.07) is -0.670. The van der Waals surface area contributed by atoms with E-state index in [0.29, 0.717) is 5.56 Å². The standard InChI is InChI=1S/C15H20N2O4S/c1-9(2)16-15(20)17-13(18)7-21-14(19)11-8-22-12-6-4-3-5-10(11)12/h8-9H,3-7H2,1-2H3,(H2,16,17,18,20). The van der Waals surface area contributed by atoms with Crippen LogP contribution >= 0.6 is 11.3 Å². The summed E-state index contributed by atoms with van der Waals surface area (Å²) >= 11 is 1.57. The number of carbonyl (C=O) groups is 3. The molecule has 1 aromatic heterocycles. The molecular weight excluding hydrogens is 304 g/mol. The van der Waals surface area contributed by atoms with Crippen LogP contribution in [0.3, 0.4) is 0 Å². The normalized spacial score (nSPS) is 13.4. The van der Waals surface area contributed by atoms with Crippen molar-refractivity contribution in [1.29, 1.82) is 0 Å². The highest BCUT2D eigenvalue weighted by Gasteiger charge is 2.21. The van der Waals surface area contributed by atoms with E-state index in [-0.39, 0.29) is 6.04 Å². The molecule has 120 valence electrons. The third-order valence-corrected chi connectivity index (χ3v) is 4.38. The minimum Gasteiger partial charge on any atom is -0.452 e. The van der Waals surface area contributed by atoms with Gasteiger partial charge in [0.05, 0.1) is 5.56 Å². The Kier molecular flexibility index (Phi) is 5.54. The number of ether oxygens (including phenoxy) is 1. The number of esters is 1. The Hall–Kier alpha value is -1.89. The van der Waals surface area contributed by atoms with Crippen molar-refractivity contribution >= 4 is 29.2 Å². The molecule has 0 radical (unpaired) electrons. The second-order valence-electron chi connectivity index (χ2n) is 5.51. The van der Waals surface area contributed by atoms with Crippen LogP contribution in [0.4, 0.5) is 4.79 Å². The number of hydrogen-bond donors (Lipinski definition) is 2. The number of aryl methyl sites for hydroxylation is 1. The molecule has 0 unspecified atom stereocenters. The zero-order valence-electron chi connectivity index (χ0n) is 12.7. The van der Waals surface area contributed by atoms with Crippen LogP contribution in [0.1, 0.15) is 47.5 Å². The molecule has 1 heterocycles. The monoisotopic (exact) mass is 324 g/mol. The highest BCUT2D eigenvalue weighted by atomic mass is 32.1. The van der Waals surface area contributed by atoms with Gasteiger partial charge in [0.1, 0.15) is 0 Å². The van der Waals surface area contributed by atoms with Crippen LogP contribution in [0.5, 0.6) is 0 Å². The fraction of sp³-hybridized carbons (Fsp3) is 0.533. The first-order valence-corrected chi connectivity index (χ1v) is 8.22. The predicted molar refractivity (Wildman–Crippen MR) is 83.1 cm³/mol. The number of hydrogen-bond acceptors (Lipinski definition) is 5. The first-order chi connectivity index (χ1) is 10.5. The highest BCUT2D eigenvalue weighted by Crippen LogP contribution is 2.30. The van der Waals surface area contributed by atoms with Gasteiger partial charge in [-0.05, 0) is 45.1 Å². The van der Waals surface area contributed by atoms with Gasteiger partial charge < -0.3 is 10.1 Å². The molecule has 2 N–H and O–H groups in total. The largest absolute Gasteiger partial charge is 0.452 e. The van der Waals surface area contributed by atoms with E-state index >= 15 is 0 Å². The minimum atomic E-state index is -0.643. The zero-order valence-corrected chi connectivity index (χ0v) is 13.5. The second kappa shape index (κ2) is 7.40. The van der Waals surface area contributed by atoms with Crippen molar-refractivity contribution in [2.24, 2.45) is 0 Å². The van der Waals surface area contributed by atoms with Gasteiger partial charge in [-0.25, -0.2) is 9.59 Å². The topological polar surface area (TPSA) is 84.5 Å². The van der Waals surface area contributed by atoms with Crippen LogP contribution in [-0.4, -0.2) is 30.6 Å². The average molecular weight is 324 g/mol. The number of nitrogens with one attached hydrogen (secondary N) is 2. The molecular formula is C15H20N2O4S. The number of thiophene rings is 1. The lowest BCUT2D eigenvalue weighted by atomic mass is 9.96. The van der Waals surface area contributed by atoms with Gasteiger partial charge in [0.15, 0.2) is 6.61 Å². The molecule has 3 amide bonds. The molecule has 1 aromatic rings. The number of imide groups is 1. The third-order valence-electron chi connectivity index (χ3n) is 3.29. The van der Waals surface area contributed by atoms with Gasteiger partial charge in [0.2, 0.25) is 0 Å². The first-order valence-electron chi connectivity index (χ1n) is 7.34. The predicted octanol–water partition coefficient (Wildman–Crippen LogP) is 2.02. The van der Waals surface area contributed by atoms with E-state index in [1.165, 1.54) is 4.88 Å². The molecule has 22 heavy (non-hydrogen) atoms. The van der Waals surface area contributed by atoms with Crippen molar-refractivity contribution in [2.75, 3.05) is 6.61 Å². The van der Waals surface area contributed by atoms with Crippen LogP contribution in [0.2, 0.25) is 0 Å². The molecule has 0 spiro atoms. The molecule has 0 aromatic carbocycles. The van der Waals surface area contributed by atoms with Gasteiger partial charge in [-0.2, -0.15) is 0 Å². The Bertz CT molecular complexity index is 580. The molecule has 0 saturated heterocycles. The van der Waals surface area contributed by atoms with Crippen molar-refractivity contribution in [1.82, 2.24) is 10.6 Å². The van der Waals surface area contributed by atoms with Crippen LogP contribution in [0.25, 0.3) is 0 Å². The smallest absolute Gasteiger partial charge is 0.339 e. The minimum absolute atomic E-state index is 0.0762. The second-order valence-corrected chi connectivity index (χ2v) is 6.47. The van der Waals surface area contributed by atoms with E-state index in [4.69, 9.17) is 4.74 Å². The van der Waals surface area contributed by atoms with Gasteiger partial charge in [0, 0.05) is 16.3 Å². The van der Waals surface area contributed by atoms with Crippen LogP contribution in [0.15, 0.2) is 5.38 Å². The Balaban J connectivity index is 1.84.